The number of rotatable bonds is 20. The number of carbonyl (C=O) groups is 3. The third-order valence-corrected chi connectivity index (χ3v) is 12.3. The van der Waals surface area contributed by atoms with Gasteiger partial charge < -0.3 is 29.2 Å². The highest BCUT2D eigenvalue weighted by Gasteiger charge is 2.19. The van der Waals surface area contributed by atoms with Crippen LogP contribution in [0, 0.1) is 0 Å². The number of hydrogen-bond donors (Lipinski definition) is 4. The van der Waals surface area contributed by atoms with Gasteiger partial charge in [-0.1, -0.05) is 78.9 Å². The van der Waals surface area contributed by atoms with E-state index >= 15 is 0 Å². The molecule has 344 valence electrons. The van der Waals surface area contributed by atoms with Crippen molar-refractivity contribution in [1.82, 2.24) is 0 Å². The minimum atomic E-state index is -3.88. The van der Waals surface area contributed by atoms with Gasteiger partial charge in [0.1, 0.15) is 49.4 Å². The molecule has 7 aromatic rings. The van der Waals surface area contributed by atoms with Crippen molar-refractivity contribution in [3.05, 3.63) is 193 Å². The summed E-state index contributed by atoms with van der Waals surface area (Å²) in [4.78, 5) is 33.3. The van der Waals surface area contributed by atoms with Crippen molar-refractivity contribution in [1.29, 1.82) is 0 Å². The molecule has 4 N–H and O–H groups in total. The van der Waals surface area contributed by atoms with Crippen molar-refractivity contribution in [3.8, 4) is 34.1 Å². The Labute approximate surface area is 387 Å². The molecule has 0 atom stereocenters. The molecule has 0 aromatic heterocycles. The second kappa shape index (κ2) is 22.7. The largest absolute Gasteiger partial charge is 0.490 e. The molecular weight excluding hydrogens is 901 g/mol. The van der Waals surface area contributed by atoms with Crippen LogP contribution in [0.2, 0.25) is 0 Å². The fourth-order valence-corrected chi connectivity index (χ4v) is 8.24. The summed E-state index contributed by atoms with van der Waals surface area (Å²) in [7, 11) is -7.71. The zero-order chi connectivity index (χ0) is 47.8. The molecule has 0 saturated heterocycles. The Kier molecular flexibility index (Phi) is 16.3. The minimum absolute atomic E-state index is 0.0189. The van der Waals surface area contributed by atoms with Gasteiger partial charge in [-0.2, -0.15) is 0 Å². The summed E-state index contributed by atoms with van der Waals surface area (Å²) >= 11 is 0. The van der Waals surface area contributed by atoms with Crippen LogP contribution < -0.4 is 28.4 Å². The van der Waals surface area contributed by atoms with Crippen LogP contribution in [-0.2, 0) is 20.0 Å². The summed E-state index contributed by atoms with van der Waals surface area (Å²) in [6.07, 6.45) is 0. The Morgan fingerprint density at radius 3 is 1.16 bits per heavy atom. The number of ether oxygens (including phenoxy) is 4. The van der Waals surface area contributed by atoms with E-state index in [0.29, 0.717) is 34.2 Å². The average Bonchev–Trinajstić information content (AvgIpc) is 3.33. The van der Waals surface area contributed by atoms with Gasteiger partial charge in [0, 0.05) is 5.56 Å². The van der Waals surface area contributed by atoms with E-state index in [9.17, 15) is 31.2 Å². The lowest BCUT2D eigenvalue weighted by molar-refractivity contribution is 0.0686. The lowest BCUT2D eigenvalue weighted by Gasteiger charge is -2.14. The van der Waals surface area contributed by atoms with Crippen molar-refractivity contribution in [3.63, 3.8) is 0 Å². The molecule has 0 aliphatic heterocycles. The maximum atomic E-state index is 13.0. The lowest BCUT2D eigenvalue weighted by atomic mass is 10.1. The van der Waals surface area contributed by atoms with Crippen molar-refractivity contribution >= 4 is 49.1 Å². The number of carboxylic acids is 2. The van der Waals surface area contributed by atoms with Crippen molar-refractivity contribution in [2.75, 3.05) is 35.9 Å². The van der Waals surface area contributed by atoms with E-state index in [1.807, 2.05) is 30.3 Å². The number of para-hydroxylation sites is 4. The summed E-state index contributed by atoms with van der Waals surface area (Å²) < 4.78 is 78.9. The number of ketones is 1. The second-order valence-corrected chi connectivity index (χ2v) is 17.6. The van der Waals surface area contributed by atoms with E-state index < -0.39 is 32.0 Å². The zero-order valence-corrected chi connectivity index (χ0v) is 37.4. The summed E-state index contributed by atoms with van der Waals surface area (Å²) in [5.74, 6) is -0.503. The Morgan fingerprint density at radius 2 is 0.761 bits per heavy atom. The molecule has 0 heterocycles. The first-order valence-electron chi connectivity index (χ1n) is 20.4. The highest BCUT2D eigenvalue weighted by atomic mass is 32.2. The monoisotopic (exact) mass is 944 g/mol. The van der Waals surface area contributed by atoms with Crippen LogP contribution in [-0.4, -0.2) is 71.2 Å². The van der Waals surface area contributed by atoms with E-state index in [0.717, 1.165) is 11.1 Å². The van der Waals surface area contributed by atoms with Gasteiger partial charge in [-0.3, -0.25) is 14.2 Å². The first-order valence-corrected chi connectivity index (χ1v) is 23.3. The van der Waals surface area contributed by atoms with E-state index in [-0.39, 0.29) is 58.8 Å². The number of carbonyl (C=O) groups excluding carboxylic acids is 1. The number of benzene rings is 7. The van der Waals surface area contributed by atoms with Crippen LogP contribution >= 0.6 is 0 Å². The normalized spacial score (nSPS) is 10.9. The average molecular weight is 945 g/mol. The summed E-state index contributed by atoms with van der Waals surface area (Å²) in [5.41, 5.74) is 3.24. The van der Waals surface area contributed by atoms with E-state index in [2.05, 4.69) is 9.44 Å². The molecule has 67 heavy (non-hydrogen) atoms. The van der Waals surface area contributed by atoms with Crippen molar-refractivity contribution in [2.45, 2.75) is 16.7 Å². The predicted octanol–water partition coefficient (Wildman–Crippen LogP) is 9.16. The Bertz CT molecular complexity index is 3000. The number of Topliss-reactive ketones (excluding diaryl/α,β-unsaturated/α-hetero) is 1. The summed E-state index contributed by atoms with van der Waals surface area (Å²) in [6, 6.07) is 47.3. The quantitative estimate of drug-likeness (QED) is 0.0414. The molecular formula is C50H44N2O13S2. The van der Waals surface area contributed by atoms with E-state index in [1.54, 1.807) is 97.1 Å². The maximum absolute atomic E-state index is 13.0. The third kappa shape index (κ3) is 13.9. The number of aromatic carboxylic acids is 2. The first kappa shape index (κ1) is 48.3. The van der Waals surface area contributed by atoms with Gasteiger partial charge in [0.15, 0.2) is 5.78 Å². The van der Waals surface area contributed by atoms with Crippen LogP contribution in [0.5, 0.6) is 23.0 Å². The Morgan fingerprint density at radius 1 is 0.418 bits per heavy atom. The molecule has 0 fully saturated rings. The zero-order valence-electron chi connectivity index (χ0n) is 35.8. The van der Waals surface area contributed by atoms with Gasteiger partial charge in [0.05, 0.1) is 32.3 Å². The highest BCUT2D eigenvalue weighted by molar-refractivity contribution is 7.93. The smallest absolute Gasteiger partial charge is 0.335 e. The van der Waals surface area contributed by atoms with Gasteiger partial charge in [0.25, 0.3) is 20.0 Å². The molecule has 0 spiro atoms. The maximum Gasteiger partial charge on any atom is 0.335 e. The first-order chi connectivity index (χ1) is 32.2. The molecule has 0 bridgehead atoms. The fourth-order valence-electron chi connectivity index (χ4n) is 6.10. The molecule has 0 aliphatic carbocycles. The van der Waals surface area contributed by atoms with Crippen LogP contribution in [0.4, 0.5) is 11.4 Å². The molecule has 17 heteroatoms. The minimum Gasteiger partial charge on any atom is -0.490 e. The molecule has 0 amide bonds. The number of carboxylic acid groups (broad SMARTS) is 2. The molecule has 0 unspecified atom stereocenters. The number of anilines is 2. The van der Waals surface area contributed by atoms with Crippen molar-refractivity contribution in [2.24, 2.45) is 0 Å². The molecule has 7 rings (SSSR count). The van der Waals surface area contributed by atoms with Crippen molar-refractivity contribution < 1.29 is 60.4 Å². The standard InChI is InChI=1S/C27H23NO6S.C23H21NO7S/c29-27(30)22-10-14-23(15-11-22)33-18-19-34-26-9-5-4-8-25(26)28-35(31,32)24-16-12-21(13-17-24)20-6-2-1-3-7-20;1-16(25)17-8-12-20(13-9-17)32(28,29)24-21-4-2-3-5-22(21)31-15-14-30-19-10-6-18(7-11-19)23(26)27/h1-17,28H,18-19H2,(H,29,30);2-13,24H,14-15H2,1H3,(H,26,27). The molecule has 0 aliphatic rings. The summed E-state index contributed by atoms with van der Waals surface area (Å²) in [5, 5.41) is 17.9. The fraction of sp³-hybridized carbons (Fsp3) is 0.100. The van der Waals surface area contributed by atoms with Gasteiger partial charge in [-0.05, 0) is 115 Å². The van der Waals surface area contributed by atoms with Gasteiger partial charge >= 0.3 is 11.9 Å². The lowest BCUT2D eigenvalue weighted by Crippen LogP contribution is -2.15. The third-order valence-electron chi connectivity index (χ3n) is 9.53. The number of hydrogen-bond acceptors (Lipinski definition) is 11. The van der Waals surface area contributed by atoms with Crippen LogP contribution in [0.3, 0.4) is 0 Å². The summed E-state index contributed by atoms with van der Waals surface area (Å²) in [6.45, 7) is 2.05. The van der Waals surface area contributed by atoms with Gasteiger partial charge in [-0.25, -0.2) is 26.4 Å². The number of sulfonamides is 2. The predicted molar refractivity (Wildman–Crippen MR) is 252 cm³/mol. The van der Waals surface area contributed by atoms with Gasteiger partial charge in [0.2, 0.25) is 0 Å². The van der Waals surface area contributed by atoms with E-state index in [1.165, 1.54) is 55.5 Å². The number of nitrogens with one attached hydrogen (secondary N) is 2. The van der Waals surface area contributed by atoms with Gasteiger partial charge in [-0.15, -0.1) is 0 Å². The Hall–Kier alpha value is -8.15. The molecule has 15 nitrogen and oxygen atoms in total. The van der Waals surface area contributed by atoms with Crippen LogP contribution in [0.1, 0.15) is 38.0 Å². The Balaban J connectivity index is 0.000000222. The van der Waals surface area contributed by atoms with E-state index in [4.69, 9.17) is 29.2 Å². The van der Waals surface area contributed by atoms with Crippen LogP contribution in [0.25, 0.3) is 11.1 Å². The second-order valence-electron chi connectivity index (χ2n) is 14.2. The molecule has 0 saturated carbocycles. The SMILES string of the molecule is CC(=O)c1ccc(S(=O)(=O)Nc2ccccc2OCCOc2ccc(C(=O)O)cc2)cc1.O=C(O)c1ccc(OCCOc2ccccc2NS(=O)(=O)c2ccc(-c3ccccc3)cc2)cc1. The van der Waals surface area contributed by atoms with Crippen LogP contribution in [0.15, 0.2) is 186 Å². The molecule has 7 aromatic carbocycles. The molecule has 0 radical (unpaired) electrons. The topological polar surface area (TPSA) is 221 Å². The highest BCUT2D eigenvalue weighted by Crippen LogP contribution is 2.29.